The first-order chi connectivity index (χ1) is 10.2. The lowest BCUT2D eigenvalue weighted by atomic mass is 9.91. The third kappa shape index (κ3) is 2.16. The van der Waals surface area contributed by atoms with E-state index >= 15 is 0 Å². The molecule has 1 N–H and O–H groups in total. The molecule has 4 heteroatoms. The van der Waals surface area contributed by atoms with Gasteiger partial charge < -0.3 is 10.2 Å². The Morgan fingerprint density at radius 3 is 2.95 bits per heavy atom. The van der Waals surface area contributed by atoms with E-state index in [9.17, 15) is 9.18 Å². The van der Waals surface area contributed by atoms with Crippen LogP contribution in [0, 0.1) is 17.2 Å². The maximum Gasteiger partial charge on any atom is 0.230 e. The highest BCUT2D eigenvalue weighted by Crippen LogP contribution is 2.59. The van der Waals surface area contributed by atoms with Gasteiger partial charge in [-0.1, -0.05) is 0 Å². The summed E-state index contributed by atoms with van der Waals surface area (Å²) in [5.74, 6) is 0.254. The standard InChI is InChI=1S/C17H21FN2O/c18-13-3-4-15-12(10-13)2-1-9-20(15)16(21)14-11-17(14)5-7-19-8-6-17/h3-4,10,14,19H,1-2,5-9,11H2. The van der Waals surface area contributed by atoms with Gasteiger partial charge in [-0.2, -0.15) is 0 Å². The van der Waals surface area contributed by atoms with Crippen molar-refractivity contribution in [1.29, 1.82) is 0 Å². The lowest BCUT2D eigenvalue weighted by molar-refractivity contribution is -0.120. The molecule has 3 nitrogen and oxygen atoms in total. The number of fused-ring (bicyclic) bond motifs is 1. The number of anilines is 1. The van der Waals surface area contributed by atoms with Gasteiger partial charge in [0, 0.05) is 18.2 Å². The number of nitrogens with one attached hydrogen (secondary N) is 1. The van der Waals surface area contributed by atoms with Gasteiger partial charge in [-0.15, -0.1) is 0 Å². The topological polar surface area (TPSA) is 32.3 Å². The predicted octanol–water partition coefficient (Wildman–Crippen LogP) is 2.49. The fraction of sp³-hybridized carbons (Fsp3) is 0.588. The molecule has 2 heterocycles. The molecule has 1 aromatic rings. The molecule has 2 fully saturated rings. The Morgan fingerprint density at radius 2 is 2.14 bits per heavy atom. The molecule has 2 aliphatic heterocycles. The van der Waals surface area contributed by atoms with Crippen LogP contribution in [0.3, 0.4) is 0 Å². The van der Waals surface area contributed by atoms with Crippen LogP contribution in [0.4, 0.5) is 10.1 Å². The molecule has 1 atom stereocenters. The van der Waals surface area contributed by atoms with E-state index in [-0.39, 0.29) is 23.1 Å². The Labute approximate surface area is 124 Å². The van der Waals surface area contributed by atoms with Gasteiger partial charge in [0.1, 0.15) is 5.82 Å². The average molecular weight is 288 g/mol. The number of halogens is 1. The van der Waals surface area contributed by atoms with Crippen molar-refractivity contribution in [2.24, 2.45) is 11.3 Å². The van der Waals surface area contributed by atoms with Gasteiger partial charge in [-0.3, -0.25) is 4.79 Å². The van der Waals surface area contributed by atoms with Gasteiger partial charge in [-0.05, 0) is 74.4 Å². The van der Waals surface area contributed by atoms with Gasteiger partial charge in [0.15, 0.2) is 0 Å². The second kappa shape index (κ2) is 4.80. The Balaban J connectivity index is 1.57. The Hall–Kier alpha value is -1.42. The quantitative estimate of drug-likeness (QED) is 0.861. The van der Waals surface area contributed by atoms with Crippen LogP contribution in [0.25, 0.3) is 0 Å². The van der Waals surface area contributed by atoms with Crippen molar-refractivity contribution in [3.8, 4) is 0 Å². The number of carbonyl (C=O) groups is 1. The summed E-state index contributed by atoms with van der Waals surface area (Å²) in [6, 6.07) is 4.83. The number of amides is 1. The molecule has 1 saturated heterocycles. The monoisotopic (exact) mass is 288 g/mol. The summed E-state index contributed by atoms with van der Waals surface area (Å²) in [7, 11) is 0. The minimum Gasteiger partial charge on any atom is -0.317 e. The second-order valence-corrected chi connectivity index (χ2v) is 6.74. The van der Waals surface area contributed by atoms with Crippen LogP contribution in [-0.2, 0) is 11.2 Å². The van der Waals surface area contributed by atoms with Crippen molar-refractivity contribution >= 4 is 11.6 Å². The summed E-state index contributed by atoms with van der Waals surface area (Å²) in [5, 5.41) is 3.37. The fourth-order valence-electron chi connectivity index (χ4n) is 4.16. The lowest BCUT2D eigenvalue weighted by Gasteiger charge is -2.31. The first kappa shape index (κ1) is 13.3. The summed E-state index contributed by atoms with van der Waals surface area (Å²) >= 11 is 0. The SMILES string of the molecule is O=C(C1CC12CCNCC2)N1CCCc2cc(F)ccc21. The van der Waals surface area contributed by atoms with Crippen molar-refractivity contribution in [2.45, 2.75) is 32.1 Å². The van der Waals surface area contributed by atoms with E-state index in [4.69, 9.17) is 0 Å². The number of rotatable bonds is 1. The third-order valence-corrected chi connectivity index (χ3v) is 5.51. The van der Waals surface area contributed by atoms with E-state index in [1.54, 1.807) is 12.1 Å². The largest absolute Gasteiger partial charge is 0.317 e. The van der Waals surface area contributed by atoms with Crippen LogP contribution >= 0.6 is 0 Å². The van der Waals surface area contributed by atoms with Crippen LogP contribution in [0.15, 0.2) is 18.2 Å². The number of aryl methyl sites for hydroxylation is 1. The molecule has 1 unspecified atom stereocenters. The fourth-order valence-corrected chi connectivity index (χ4v) is 4.16. The zero-order chi connectivity index (χ0) is 14.4. The molecule has 0 bridgehead atoms. The molecule has 3 aliphatic rings. The molecule has 1 spiro atoms. The number of carbonyl (C=O) groups excluding carboxylic acids is 1. The van der Waals surface area contributed by atoms with Crippen LogP contribution in [0.2, 0.25) is 0 Å². The highest BCUT2D eigenvalue weighted by atomic mass is 19.1. The molecule has 21 heavy (non-hydrogen) atoms. The van der Waals surface area contributed by atoms with Crippen molar-refractivity contribution in [3.05, 3.63) is 29.6 Å². The van der Waals surface area contributed by atoms with Crippen molar-refractivity contribution in [2.75, 3.05) is 24.5 Å². The van der Waals surface area contributed by atoms with Crippen molar-refractivity contribution < 1.29 is 9.18 Å². The molecule has 0 aromatic heterocycles. The summed E-state index contributed by atoms with van der Waals surface area (Å²) in [4.78, 5) is 14.8. The molecule has 1 amide bonds. The van der Waals surface area contributed by atoms with E-state index in [1.807, 2.05) is 4.90 Å². The first-order valence-corrected chi connectivity index (χ1v) is 8.00. The van der Waals surface area contributed by atoms with Gasteiger partial charge in [0.05, 0.1) is 0 Å². The van der Waals surface area contributed by atoms with Crippen LogP contribution in [-0.4, -0.2) is 25.5 Å². The maximum absolute atomic E-state index is 13.4. The van der Waals surface area contributed by atoms with Crippen molar-refractivity contribution in [3.63, 3.8) is 0 Å². The summed E-state index contributed by atoms with van der Waals surface area (Å²) < 4.78 is 13.4. The summed E-state index contributed by atoms with van der Waals surface area (Å²) in [5.41, 5.74) is 2.18. The van der Waals surface area contributed by atoms with E-state index in [1.165, 1.54) is 6.07 Å². The number of nitrogens with zero attached hydrogens (tertiary/aromatic N) is 1. The summed E-state index contributed by atoms with van der Waals surface area (Å²) in [6.07, 6.45) is 5.08. The molecule has 1 saturated carbocycles. The van der Waals surface area contributed by atoms with E-state index in [0.29, 0.717) is 0 Å². The third-order valence-electron chi connectivity index (χ3n) is 5.51. The number of hydrogen-bond acceptors (Lipinski definition) is 2. The molecule has 1 aliphatic carbocycles. The molecule has 0 radical (unpaired) electrons. The minimum atomic E-state index is -0.204. The minimum absolute atomic E-state index is 0.190. The lowest BCUT2D eigenvalue weighted by Crippen LogP contribution is -2.39. The average Bonchev–Trinajstić information content (AvgIpc) is 3.19. The van der Waals surface area contributed by atoms with Crippen LogP contribution in [0.1, 0.15) is 31.2 Å². The number of hydrogen-bond donors (Lipinski definition) is 1. The predicted molar refractivity (Wildman–Crippen MR) is 79.7 cm³/mol. The summed E-state index contributed by atoms with van der Waals surface area (Å²) in [6.45, 7) is 2.85. The Kier molecular flexibility index (Phi) is 3.03. The zero-order valence-corrected chi connectivity index (χ0v) is 12.2. The van der Waals surface area contributed by atoms with Crippen LogP contribution in [0.5, 0.6) is 0 Å². The Bertz CT molecular complexity index is 580. The molecular weight excluding hydrogens is 267 g/mol. The van der Waals surface area contributed by atoms with Crippen LogP contribution < -0.4 is 10.2 Å². The van der Waals surface area contributed by atoms with Crippen molar-refractivity contribution in [1.82, 2.24) is 5.32 Å². The highest BCUT2D eigenvalue weighted by Gasteiger charge is 2.58. The smallest absolute Gasteiger partial charge is 0.230 e. The second-order valence-electron chi connectivity index (χ2n) is 6.74. The van der Waals surface area contributed by atoms with Gasteiger partial charge >= 0.3 is 0 Å². The first-order valence-electron chi connectivity index (χ1n) is 8.00. The maximum atomic E-state index is 13.4. The van der Waals surface area contributed by atoms with Gasteiger partial charge in [-0.25, -0.2) is 4.39 Å². The number of piperidine rings is 1. The normalized spacial score (nSPS) is 26.5. The number of benzene rings is 1. The Morgan fingerprint density at radius 1 is 1.33 bits per heavy atom. The van der Waals surface area contributed by atoms with E-state index < -0.39 is 0 Å². The van der Waals surface area contributed by atoms with E-state index in [0.717, 1.165) is 63.0 Å². The zero-order valence-electron chi connectivity index (χ0n) is 12.2. The molecule has 4 rings (SSSR count). The van der Waals surface area contributed by atoms with Gasteiger partial charge in [0.25, 0.3) is 0 Å². The molecule has 1 aromatic carbocycles. The molecular formula is C17H21FN2O. The van der Waals surface area contributed by atoms with E-state index in [2.05, 4.69) is 5.32 Å². The molecule has 112 valence electrons. The highest BCUT2D eigenvalue weighted by molar-refractivity contribution is 5.98. The van der Waals surface area contributed by atoms with Gasteiger partial charge in [0.2, 0.25) is 5.91 Å².